The van der Waals surface area contributed by atoms with Crippen LogP contribution in [-0.2, 0) is 25.5 Å². The summed E-state index contributed by atoms with van der Waals surface area (Å²) in [7, 11) is 0. The van der Waals surface area contributed by atoms with E-state index in [2.05, 4.69) is 10.1 Å². The fraction of sp³-hybridized carbons (Fsp3) is 0.412. The zero-order chi connectivity index (χ0) is 21.9. The number of esters is 1. The molecule has 0 aliphatic heterocycles. The Morgan fingerprint density at radius 2 is 1.79 bits per heavy atom. The van der Waals surface area contributed by atoms with Crippen molar-refractivity contribution < 1.29 is 24.2 Å². The van der Waals surface area contributed by atoms with Crippen LogP contribution in [0.1, 0.15) is 18.4 Å². The molecule has 0 fully saturated rings. The third-order valence-electron chi connectivity index (χ3n) is 3.12. The molecule has 0 saturated heterocycles. The molecule has 10 nitrogen and oxygen atoms in total. The summed E-state index contributed by atoms with van der Waals surface area (Å²) in [4.78, 5) is 29.3. The van der Waals surface area contributed by atoms with Crippen LogP contribution < -0.4 is 22.5 Å². The summed E-state index contributed by atoms with van der Waals surface area (Å²) in [6.07, 6.45) is 1.49. The molecule has 1 aromatic carbocycles. The van der Waals surface area contributed by atoms with Gasteiger partial charge in [0.15, 0.2) is 12.0 Å². The number of carboxylic acids is 1. The maximum absolute atomic E-state index is 11.0. The van der Waals surface area contributed by atoms with Gasteiger partial charge in [-0.15, -0.1) is 0 Å². The molecule has 28 heavy (non-hydrogen) atoms. The molecule has 0 aromatic heterocycles. The highest BCUT2D eigenvalue weighted by Gasteiger charge is 2.13. The van der Waals surface area contributed by atoms with E-state index in [9.17, 15) is 9.59 Å². The predicted molar refractivity (Wildman–Crippen MR) is 107 cm³/mol. The third kappa shape index (κ3) is 15.6. The Bertz CT molecular complexity index is 576. The molecule has 0 saturated carbocycles. The molecule has 0 aliphatic carbocycles. The van der Waals surface area contributed by atoms with Gasteiger partial charge in [0.05, 0.1) is 0 Å². The first-order valence-corrected chi connectivity index (χ1v) is 8.68. The molecule has 0 spiro atoms. The lowest BCUT2D eigenvalue weighted by Gasteiger charge is -2.09. The first kappa shape index (κ1) is 27.5. The summed E-state index contributed by atoms with van der Waals surface area (Å²) in [5.41, 5.74) is 16.8. The van der Waals surface area contributed by atoms with Crippen LogP contribution in [0.25, 0.3) is 0 Å². The molecule has 0 radical (unpaired) electrons. The molecule has 0 amide bonds. The van der Waals surface area contributed by atoms with E-state index in [-0.39, 0.29) is 12.0 Å². The molecular weight excluding hydrogens is 390 g/mol. The number of rotatable bonds is 9. The van der Waals surface area contributed by atoms with E-state index in [1.165, 1.54) is 0 Å². The minimum atomic E-state index is -0.959. The van der Waals surface area contributed by atoms with Crippen molar-refractivity contribution in [2.24, 2.45) is 17.2 Å². The molecule has 1 aromatic rings. The Hall–Kier alpha value is -2.69. The Morgan fingerprint density at radius 3 is 2.25 bits per heavy atom. The van der Waals surface area contributed by atoms with Crippen LogP contribution in [-0.4, -0.2) is 54.5 Å². The molecule has 1 rings (SSSR count). The van der Waals surface area contributed by atoms with E-state index < -0.39 is 24.0 Å². The van der Waals surface area contributed by atoms with Gasteiger partial charge in [0.1, 0.15) is 18.9 Å². The number of carbonyl (C=O) groups is 3. The number of aliphatic carboxylic acids is 1. The normalized spacial score (nSPS) is 11.4. The van der Waals surface area contributed by atoms with Gasteiger partial charge >= 0.3 is 11.9 Å². The van der Waals surface area contributed by atoms with E-state index in [1.54, 1.807) is 0 Å². The maximum atomic E-state index is 11.0. The van der Waals surface area contributed by atoms with Crippen molar-refractivity contribution >= 4 is 36.3 Å². The Balaban J connectivity index is 0. The number of nitrogens with one attached hydrogen (secondary N) is 2. The van der Waals surface area contributed by atoms with Crippen molar-refractivity contribution in [3.05, 3.63) is 35.9 Å². The summed E-state index contributed by atoms with van der Waals surface area (Å²) in [5.74, 6) is -1.57. The number of benzene rings is 1. The maximum Gasteiger partial charge on any atom is 0.324 e. The summed E-state index contributed by atoms with van der Waals surface area (Å²) in [5, 5.41) is 18.0. The topological polar surface area (TPSA) is 195 Å². The van der Waals surface area contributed by atoms with Crippen LogP contribution in [0.15, 0.2) is 30.3 Å². The van der Waals surface area contributed by atoms with Crippen molar-refractivity contribution in [2.75, 3.05) is 12.6 Å². The van der Waals surface area contributed by atoms with Crippen LogP contribution in [0.5, 0.6) is 0 Å². The van der Waals surface area contributed by atoms with Crippen LogP contribution >= 0.6 is 11.6 Å². The summed E-state index contributed by atoms with van der Waals surface area (Å²) in [6, 6.07) is 7.70. The lowest BCUT2D eigenvalue weighted by atomic mass is 10.1. The number of carbonyl (C=O) groups excluding carboxylic acids is 2. The average molecular weight is 418 g/mol. The minimum absolute atomic E-state index is 0.0955. The number of guanidine groups is 1. The van der Waals surface area contributed by atoms with Crippen LogP contribution in [0, 0.1) is 5.41 Å². The number of ether oxygens (including phenoxy) is 1. The van der Waals surface area contributed by atoms with Crippen molar-refractivity contribution in [2.45, 2.75) is 31.3 Å². The van der Waals surface area contributed by atoms with E-state index in [0.29, 0.717) is 25.8 Å². The van der Waals surface area contributed by atoms with Crippen LogP contribution in [0.3, 0.4) is 0 Å². The molecule has 0 heterocycles. The van der Waals surface area contributed by atoms with Crippen molar-refractivity contribution in [3.63, 3.8) is 0 Å². The SMILES string of the molecule is C=O.N=C(N)NCCC[C@H](N)C(=O)OCCl.N[C@@H](Cc1ccccc1)C(=O)O. The number of hydrogen-bond acceptors (Lipinski definition) is 7. The standard InChI is InChI=1S/C9H11NO2.C7H15ClN4O2.CH2O/c10-8(9(11)12)6-7-4-2-1-3-5-7;8-4-14-6(13)5(9)2-1-3-12-7(10)11;1-2/h1-5,8H,6,10H2,(H,11,12);5H,1-4,9H2,(H4,10,11,12);1H2/t8-;5-;/m00./s1. The highest BCUT2D eigenvalue weighted by molar-refractivity contribution is 6.17. The molecular formula is C17H28ClN5O5. The smallest absolute Gasteiger partial charge is 0.324 e. The van der Waals surface area contributed by atoms with Crippen LogP contribution in [0.4, 0.5) is 0 Å². The Kier molecular flexibility index (Phi) is 17.4. The summed E-state index contributed by atoms with van der Waals surface area (Å²) >= 11 is 5.19. The largest absolute Gasteiger partial charge is 0.480 e. The lowest BCUT2D eigenvalue weighted by Crippen LogP contribution is -2.35. The predicted octanol–water partition coefficient (Wildman–Crippen LogP) is -0.227. The first-order chi connectivity index (χ1) is 13.3. The first-order valence-electron chi connectivity index (χ1n) is 8.15. The monoisotopic (exact) mass is 417 g/mol. The zero-order valence-electron chi connectivity index (χ0n) is 15.5. The second-order valence-electron chi connectivity index (χ2n) is 5.30. The van der Waals surface area contributed by atoms with Gasteiger partial charge < -0.3 is 37.2 Å². The van der Waals surface area contributed by atoms with Gasteiger partial charge in [0, 0.05) is 6.54 Å². The van der Waals surface area contributed by atoms with Crippen LogP contribution in [0.2, 0.25) is 0 Å². The van der Waals surface area contributed by atoms with E-state index in [1.807, 2.05) is 37.1 Å². The van der Waals surface area contributed by atoms with Gasteiger partial charge in [-0.25, -0.2) is 0 Å². The summed E-state index contributed by atoms with van der Waals surface area (Å²) in [6.45, 7) is 2.51. The van der Waals surface area contributed by atoms with E-state index in [4.69, 9.17) is 44.1 Å². The second kappa shape index (κ2) is 17.7. The fourth-order valence-corrected chi connectivity index (χ4v) is 1.89. The van der Waals surface area contributed by atoms with Gasteiger partial charge in [-0.3, -0.25) is 15.0 Å². The van der Waals surface area contributed by atoms with Crippen molar-refractivity contribution in [3.8, 4) is 0 Å². The number of nitrogens with two attached hydrogens (primary N) is 3. The molecule has 0 aliphatic rings. The molecule has 0 unspecified atom stereocenters. The molecule has 0 bridgehead atoms. The highest BCUT2D eigenvalue weighted by Crippen LogP contribution is 2.01. The fourth-order valence-electron chi connectivity index (χ4n) is 1.78. The van der Waals surface area contributed by atoms with Crippen molar-refractivity contribution in [1.29, 1.82) is 5.41 Å². The van der Waals surface area contributed by atoms with Gasteiger partial charge in [0.2, 0.25) is 0 Å². The van der Waals surface area contributed by atoms with Gasteiger partial charge in [-0.2, -0.15) is 0 Å². The number of hydrogen-bond donors (Lipinski definition) is 6. The van der Waals surface area contributed by atoms with E-state index >= 15 is 0 Å². The van der Waals surface area contributed by atoms with E-state index in [0.717, 1.165) is 5.56 Å². The number of halogens is 1. The van der Waals surface area contributed by atoms with Crippen molar-refractivity contribution in [1.82, 2.24) is 5.32 Å². The molecule has 9 N–H and O–H groups in total. The summed E-state index contributed by atoms with van der Waals surface area (Å²) < 4.78 is 4.50. The molecule has 2 atom stereocenters. The molecule has 158 valence electrons. The number of carboxylic acid groups (broad SMARTS) is 1. The number of alkyl halides is 1. The zero-order valence-corrected chi connectivity index (χ0v) is 16.2. The molecule has 11 heteroatoms. The third-order valence-corrected chi connectivity index (χ3v) is 3.23. The average Bonchev–Trinajstić information content (AvgIpc) is 2.68. The van der Waals surface area contributed by atoms with Gasteiger partial charge in [-0.05, 0) is 24.8 Å². The quantitative estimate of drug-likeness (QED) is 0.103. The Morgan fingerprint density at radius 1 is 1.21 bits per heavy atom. The highest BCUT2D eigenvalue weighted by atomic mass is 35.5. The van der Waals surface area contributed by atoms with Gasteiger partial charge in [0.25, 0.3) is 0 Å². The minimum Gasteiger partial charge on any atom is -0.480 e. The second-order valence-corrected chi connectivity index (χ2v) is 5.51. The lowest BCUT2D eigenvalue weighted by molar-refractivity contribution is -0.143. The van der Waals surface area contributed by atoms with Gasteiger partial charge in [-0.1, -0.05) is 41.9 Å². The Labute approximate surface area is 168 Å².